The molecule has 1 heterocycles. The number of rotatable bonds is 4. The van der Waals surface area contributed by atoms with E-state index in [0.29, 0.717) is 6.54 Å². The van der Waals surface area contributed by atoms with Crippen LogP contribution >= 0.6 is 11.8 Å². The highest BCUT2D eigenvalue weighted by Gasteiger charge is 2.34. The van der Waals surface area contributed by atoms with Crippen molar-refractivity contribution < 1.29 is 18.0 Å². The van der Waals surface area contributed by atoms with Gasteiger partial charge in [-0.25, -0.2) is 0 Å². The highest BCUT2D eigenvalue weighted by molar-refractivity contribution is 8.00. The van der Waals surface area contributed by atoms with Gasteiger partial charge in [0.15, 0.2) is 0 Å². The molecule has 1 amide bonds. The van der Waals surface area contributed by atoms with Gasteiger partial charge in [-0.1, -0.05) is 0 Å². The number of carbonyl (C=O) groups is 1. The Bertz CT molecular complexity index is 265. The third-order valence-electron chi connectivity index (χ3n) is 2.80. The molecule has 0 bridgehead atoms. The maximum atomic E-state index is 11.9. The van der Waals surface area contributed by atoms with Crippen LogP contribution in [0.3, 0.4) is 0 Å². The molecule has 1 fully saturated rings. The quantitative estimate of drug-likeness (QED) is 0.765. The zero-order valence-corrected chi connectivity index (χ0v) is 10.5. The number of alkyl halides is 3. The lowest BCUT2D eigenvalue weighted by Gasteiger charge is -2.32. The molecule has 0 saturated carbocycles. The number of hydrogen-bond acceptors (Lipinski definition) is 3. The SMILES string of the molecule is C[C@]1(C(=O)NCCSC(F)(F)F)CCCNC1. The standard InChI is InChI=1S/C10H17F3N2OS/c1-9(3-2-4-14-7-9)8(16)15-5-6-17-10(11,12)13/h14H,2-7H2,1H3,(H,15,16)/t9-/m0/s1. The largest absolute Gasteiger partial charge is 0.441 e. The van der Waals surface area contributed by atoms with E-state index in [0.717, 1.165) is 19.4 Å². The third kappa shape index (κ3) is 5.16. The summed E-state index contributed by atoms with van der Waals surface area (Å²) in [5, 5.41) is 5.69. The first-order valence-corrected chi connectivity index (χ1v) is 6.52. The highest BCUT2D eigenvalue weighted by Crippen LogP contribution is 2.29. The highest BCUT2D eigenvalue weighted by atomic mass is 32.2. The van der Waals surface area contributed by atoms with Crippen LogP contribution in [0.1, 0.15) is 19.8 Å². The zero-order chi connectivity index (χ0) is 12.9. The molecule has 0 spiro atoms. The maximum Gasteiger partial charge on any atom is 0.441 e. The third-order valence-corrected chi connectivity index (χ3v) is 3.53. The summed E-state index contributed by atoms with van der Waals surface area (Å²) in [6.07, 6.45) is 1.69. The summed E-state index contributed by atoms with van der Waals surface area (Å²) in [6, 6.07) is 0. The monoisotopic (exact) mass is 270 g/mol. The van der Waals surface area contributed by atoms with Crippen LogP contribution < -0.4 is 10.6 Å². The van der Waals surface area contributed by atoms with E-state index in [1.807, 2.05) is 6.92 Å². The number of carbonyl (C=O) groups excluding carboxylic acids is 1. The molecule has 1 aliphatic rings. The van der Waals surface area contributed by atoms with Crippen LogP contribution in [0.15, 0.2) is 0 Å². The normalized spacial score (nSPS) is 25.6. The van der Waals surface area contributed by atoms with Crippen molar-refractivity contribution in [1.29, 1.82) is 0 Å². The van der Waals surface area contributed by atoms with Gasteiger partial charge in [0.1, 0.15) is 0 Å². The number of hydrogen-bond donors (Lipinski definition) is 2. The minimum Gasteiger partial charge on any atom is -0.355 e. The minimum atomic E-state index is -4.22. The van der Waals surface area contributed by atoms with E-state index >= 15 is 0 Å². The Morgan fingerprint density at radius 1 is 1.53 bits per heavy atom. The fourth-order valence-corrected chi connectivity index (χ4v) is 2.23. The zero-order valence-electron chi connectivity index (χ0n) is 9.69. The maximum absolute atomic E-state index is 11.9. The van der Waals surface area contributed by atoms with Crippen LogP contribution in [0, 0.1) is 5.41 Å². The van der Waals surface area contributed by atoms with Gasteiger partial charge in [-0.05, 0) is 38.1 Å². The number of nitrogens with one attached hydrogen (secondary N) is 2. The molecule has 0 unspecified atom stereocenters. The van der Waals surface area contributed by atoms with Gasteiger partial charge >= 0.3 is 5.51 Å². The van der Waals surface area contributed by atoms with E-state index in [1.165, 1.54) is 0 Å². The van der Waals surface area contributed by atoms with E-state index in [1.54, 1.807) is 0 Å². The van der Waals surface area contributed by atoms with Crippen molar-refractivity contribution in [3.8, 4) is 0 Å². The lowest BCUT2D eigenvalue weighted by atomic mass is 9.82. The smallest absolute Gasteiger partial charge is 0.355 e. The Balaban J connectivity index is 2.24. The molecule has 3 nitrogen and oxygen atoms in total. The van der Waals surface area contributed by atoms with E-state index in [9.17, 15) is 18.0 Å². The van der Waals surface area contributed by atoms with E-state index in [-0.39, 0.29) is 30.0 Å². The molecule has 0 radical (unpaired) electrons. The van der Waals surface area contributed by atoms with Crippen LogP contribution in [0.2, 0.25) is 0 Å². The van der Waals surface area contributed by atoms with Gasteiger partial charge < -0.3 is 10.6 Å². The van der Waals surface area contributed by atoms with Crippen LogP contribution in [0.25, 0.3) is 0 Å². The first-order valence-electron chi connectivity index (χ1n) is 5.53. The van der Waals surface area contributed by atoms with Gasteiger partial charge in [0, 0.05) is 18.8 Å². The topological polar surface area (TPSA) is 41.1 Å². The molecule has 1 rings (SSSR count). The molecule has 7 heteroatoms. The van der Waals surface area contributed by atoms with Crippen LogP contribution in [-0.2, 0) is 4.79 Å². The fourth-order valence-electron chi connectivity index (χ4n) is 1.79. The Hall–Kier alpha value is -0.430. The molecular formula is C10H17F3N2OS. The summed E-state index contributed by atoms with van der Waals surface area (Å²) >= 11 is -0.109. The van der Waals surface area contributed by atoms with Crippen LogP contribution in [0.5, 0.6) is 0 Å². The van der Waals surface area contributed by atoms with Gasteiger partial charge in [0.2, 0.25) is 5.91 Å². The molecule has 0 aromatic heterocycles. The van der Waals surface area contributed by atoms with Gasteiger partial charge in [0.05, 0.1) is 5.41 Å². The lowest BCUT2D eigenvalue weighted by molar-refractivity contribution is -0.130. The number of halogens is 3. The second-order valence-electron chi connectivity index (χ2n) is 4.39. The molecule has 1 aliphatic heterocycles. The molecule has 0 aromatic rings. The summed E-state index contributed by atoms with van der Waals surface area (Å²) in [5.41, 5.74) is -4.71. The lowest BCUT2D eigenvalue weighted by Crippen LogP contribution is -2.49. The average Bonchev–Trinajstić information content (AvgIpc) is 2.24. The Morgan fingerprint density at radius 3 is 2.76 bits per heavy atom. The predicted octanol–water partition coefficient (Wildman–Crippen LogP) is 1.75. The Kier molecular flexibility index (Phi) is 5.12. The summed E-state index contributed by atoms with van der Waals surface area (Å²) in [5.74, 6) is -0.300. The van der Waals surface area contributed by atoms with E-state index in [2.05, 4.69) is 10.6 Å². The van der Waals surface area contributed by atoms with Gasteiger partial charge in [-0.2, -0.15) is 13.2 Å². The first kappa shape index (κ1) is 14.6. The molecule has 100 valence electrons. The van der Waals surface area contributed by atoms with Crippen molar-refractivity contribution in [2.75, 3.05) is 25.4 Å². The summed E-state index contributed by atoms with van der Waals surface area (Å²) < 4.78 is 35.6. The van der Waals surface area contributed by atoms with E-state index < -0.39 is 10.9 Å². The van der Waals surface area contributed by atoms with E-state index in [4.69, 9.17) is 0 Å². The van der Waals surface area contributed by atoms with Crippen molar-refractivity contribution >= 4 is 17.7 Å². The first-order chi connectivity index (χ1) is 7.83. The Labute approximate surface area is 103 Å². The predicted molar refractivity (Wildman–Crippen MR) is 61.7 cm³/mol. The summed E-state index contributed by atoms with van der Waals surface area (Å²) in [4.78, 5) is 11.8. The molecule has 17 heavy (non-hydrogen) atoms. The minimum absolute atomic E-state index is 0.0542. The molecule has 1 atom stereocenters. The second-order valence-corrected chi connectivity index (χ2v) is 5.55. The fraction of sp³-hybridized carbons (Fsp3) is 0.900. The van der Waals surface area contributed by atoms with Gasteiger partial charge in [-0.15, -0.1) is 0 Å². The average molecular weight is 270 g/mol. The van der Waals surface area contributed by atoms with Crippen molar-refractivity contribution in [3.05, 3.63) is 0 Å². The van der Waals surface area contributed by atoms with Crippen molar-refractivity contribution in [2.24, 2.45) is 5.41 Å². The molecule has 0 aliphatic carbocycles. The number of amides is 1. The van der Waals surface area contributed by atoms with Crippen molar-refractivity contribution in [3.63, 3.8) is 0 Å². The number of piperidine rings is 1. The van der Waals surface area contributed by atoms with Gasteiger partial charge in [-0.3, -0.25) is 4.79 Å². The Morgan fingerprint density at radius 2 is 2.24 bits per heavy atom. The van der Waals surface area contributed by atoms with Crippen molar-refractivity contribution in [1.82, 2.24) is 10.6 Å². The molecule has 1 saturated heterocycles. The summed E-state index contributed by atoms with van der Waals surface area (Å²) in [7, 11) is 0. The van der Waals surface area contributed by atoms with Crippen molar-refractivity contribution in [2.45, 2.75) is 25.3 Å². The second kappa shape index (κ2) is 5.95. The molecule has 2 N–H and O–H groups in total. The molecule has 0 aromatic carbocycles. The number of thioether (sulfide) groups is 1. The molecular weight excluding hydrogens is 253 g/mol. The van der Waals surface area contributed by atoms with Gasteiger partial charge in [0.25, 0.3) is 0 Å². The van der Waals surface area contributed by atoms with Crippen LogP contribution in [-0.4, -0.2) is 36.8 Å². The summed E-state index contributed by atoms with van der Waals surface area (Å²) in [6.45, 7) is 3.38. The van der Waals surface area contributed by atoms with Crippen LogP contribution in [0.4, 0.5) is 13.2 Å².